The molecule has 2 aromatic rings. The first kappa shape index (κ1) is 24.2. The maximum absolute atomic E-state index is 13.1. The smallest absolute Gasteiger partial charge is 0.323 e. The minimum atomic E-state index is -1.08. The third kappa shape index (κ3) is 6.06. The zero-order valence-electron chi connectivity index (χ0n) is 17.3. The van der Waals surface area contributed by atoms with Crippen molar-refractivity contribution in [3.63, 3.8) is 0 Å². The van der Waals surface area contributed by atoms with Gasteiger partial charge >= 0.3 is 12.0 Å². The van der Waals surface area contributed by atoms with E-state index >= 15 is 0 Å². The third-order valence-corrected chi connectivity index (χ3v) is 5.88. The summed E-state index contributed by atoms with van der Waals surface area (Å²) in [6.07, 6.45) is 3.66. The number of carbonyl (C=O) groups excluding carboxylic acids is 3. The summed E-state index contributed by atoms with van der Waals surface area (Å²) in [6.45, 7) is 1.31. The largest absolute Gasteiger partial charge is 0.439 e. The van der Waals surface area contributed by atoms with Gasteiger partial charge in [0.15, 0.2) is 5.72 Å². The lowest BCUT2D eigenvalue weighted by atomic mass is 9.91. The number of anilines is 2. The molecule has 1 saturated carbocycles. The number of benzene rings is 2. The number of amides is 3. The van der Waals surface area contributed by atoms with E-state index in [9.17, 15) is 14.4 Å². The summed E-state index contributed by atoms with van der Waals surface area (Å²) in [5, 5.41) is 8.86. The molecule has 3 N–H and O–H groups in total. The highest BCUT2D eigenvalue weighted by molar-refractivity contribution is 6.40. The molecule has 1 aliphatic carbocycles. The molecule has 32 heavy (non-hydrogen) atoms. The fourth-order valence-electron chi connectivity index (χ4n) is 3.63. The summed E-state index contributed by atoms with van der Waals surface area (Å²) >= 11 is 18.3. The second-order valence-electron chi connectivity index (χ2n) is 7.47. The van der Waals surface area contributed by atoms with E-state index in [0.29, 0.717) is 17.9 Å². The van der Waals surface area contributed by atoms with Crippen molar-refractivity contribution < 1.29 is 19.1 Å². The molecule has 170 valence electrons. The molecular weight excluding hydrogens is 477 g/mol. The second-order valence-corrected chi connectivity index (χ2v) is 8.72. The van der Waals surface area contributed by atoms with Crippen molar-refractivity contribution in [2.45, 2.75) is 44.8 Å². The van der Waals surface area contributed by atoms with Crippen LogP contribution in [0, 0.1) is 0 Å². The topological polar surface area (TPSA) is 96.5 Å². The minimum Gasteiger partial charge on any atom is -0.439 e. The Bertz CT molecular complexity index is 1020. The maximum atomic E-state index is 13.1. The van der Waals surface area contributed by atoms with Crippen LogP contribution in [0.1, 0.15) is 49.4 Å². The summed E-state index contributed by atoms with van der Waals surface area (Å²) in [4.78, 5) is 37.4. The van der Waals surface area contributed by atoms with Gasteiger partial charge < -0.3 is 20.7 Å². The van der Waals surface area contributed by atoms with Crippen LogP contribution in [0.3, 0.4) is 0 Å². The molecule has 0 bridgehead atoms. The number of urea groups is 1. The van der Waals surface area contributed by atoms with E-state index in [2.05, 4.69) is 16.0 Å². The van der Waals surface area contributed by atoms with Crippen LogP contribution in [0.15, 0.2) is 36.4 Å². The highest BCUT2D eigenvalue weighted by Crippen LogP contribution is 2.32. The number of esters is 1. The molecule has 7 nitrogen and oxygen atoms in total. The van der Waals surface area contributed by atoms with Gasteiger partial charge in [0.05, 0.1) is 27.0 Å². The predicted octanol–water partition coefficient (Wildman–Crippen LogP) is 6.24. The molecule has 3 rings (SSSR count). The molecule has 0 heterocycles. The van der Waals surface area contributed by atoms with Gasteiger partial charge in [0, 0.05) is 24.8 Å². The van der Waals surface area contributed by atoms with Crippen molar-refractivity contribution in [1.29, 1.82) is 0 Å². The molecule has 0 unspecified atom stereocenters. The highest BCUT2D eigenvalue weighted by atomic mass is 35.5. The maximum Gasteiger partial charge on any atom is 0.323 e. The minimum absolute atomic E-state index is 0.159. The number of hydrogen-bond acceptors (Lipinski definition) is 4. The summed E-state index contributed by atoms with van der Waals surface area (Å²) < 4.78 is 5.50. The molecule has 0 aromatic heterocycles. The Balaban J connectivity index is 1.81. The Morgan fingerprint density at radius 2 is 1.59 bits per heavy atom. The molecule has 1 fully saturated rings. The van der Waals surface area contributed by atoms with E-state index in [1.807, 2.05) is 0 Å². The van der Waals surface area contributed by atoms with E-state index in [4.69, 9.17) is 39.5 Å². The van der Waals surface area contributed by atoms with E-state index in [0.717, 1.165) is 19.3 Å². The van der Waals surface area contributed by atoms with Crippen LogP contribution >= 0.6 is 34.8 Å². The van der Waals surface area contributed by atoms with Crippen molar-refractivity contribution in [2.75, 3.05) is 10.6 Å². The van der Waals surface area contributed by atoms with Gasteiger partial charge in [0.25, 0.3) is 5.91 Å². The molecular formula is C22H22Cl3N3O4. The van der Waals surface area contributed by atoms with Crippen LogP contribution < -0.4 is 16.0 Å². The number of nitrogens with one attached hydrogen (secondary N) is 3. The fourth-order valence-corrected chi connectivity index (χ4v) is 4.29. The molecule has 10 heteroatoms. The van der Waals surface area contributed by atoms with Crippen LogP contribution in [0.5, 0.6) is 0 Å². The Morgan fingerprint density at radius 3 is 2.22 bits per heavy atom. The zero-order valence-corrected chi connectivity index (χ0v) is 19.5. The second kappa shape index (κ2) is 10.4. The lowest BCUT2D eigenvalue weighted by Gasteiger charge is -2.37. The van der Waals surface area contributed by atoms with Gasteiger partial charge in [-0.25, -0.2) is 4.79 Å². The van der Waals surface area contributed by atoms with Gasteiger partial charge in [0.1, 0.15) is 0 Å². The van der Waals surface area contributed by atoms with Gasteiger partial charge in [-0.05, 0) is 43.2 Å². The van der Waals surface area contributed by atoms with Crippen molar-refractivity contribution in [2.24, 2.45) is 0 Å². The lowest BCUT2D eigenvalue weighted by Crippen LogP contribution is -2.52. The van der Waals surface area contributed by atoms with Crippen LogP contribution in [0.25, 0.3) is 0 Å². The fraction of sp³-hybridized carbons (Fsp3) is 0.318. The number of rotatable bonds is 5. The van der Waals surface area contributed by atoms with Gasteiger partial charge in [-0.3, -0.25) is 9.59 Å². The van der Waals surface area contributed by atoms with Crippen molar-refractivity contribution in [1.82, 2.24) is 5.32 Å². The van der Waals surface area contributed by atoms with Crippen LogP contribution in [-0.4, -0.2) is 23.6 Å². The normalized spacial score (nSPS) is 14.9. The molecule has 0 spiro atoms. The number of carbonyl (C=O) groups is 3. The number of para-hydroxylation sites is 1. The van der Waals surface area contributed by atoms with Crippen molar-refractivity contribution in [3.05, 3.63) is 57.0 Å². The van der Waals surface area contributed by atoms with E-state index in [-0.39, 0.29) is 27.0 Å². The first-order chi connectivity index (χ1) is 15.2. The lowest BCUT2D eigenvalue weighted by molar-refractivity contribution is -0.163. The molecule has 3 amide bonds. The summed E-state index contributed by atoms with van der Waals surface area (Å²) in [5.74, 6) is -0.978. The Kier molecular flexibility index (Phi) is 7.87. The van der Waals surface area contributed by atoms with E-state index < -0.39 is 23.6 Å². The average molecular weight is 499 g/mol. The Labute approximate surface area is 200 Å². The van der Waals surface area contributed by atoms with Crippen LogP contribution in [-0.2, 0) is 9.53 Å². The van der Waals surface area contributed by atoms with Gasteiger partial charge in [0.2, 0.25) is 0 Å². The van der Waals surface area contributed by atoms with Crippen molar-refractivity contribution in [3.8, 4) is 0 Å². The van der Waals surface area contributed by atoms with Crippen LogP contribution in [0.2, 0.25) is 15.1 Å². The standard InChI is InChI=1S/C22H22Cl3N3O4/c1-13(29)32-22(10-3-2-4-11-22)28-20(30)15-9-8-14(23)12-18(15)26-21(31)27-19-16(24)6-5-7-17(19)25/h5-9,12H,2-4,10-11H2,1H3,(H,28,30)(H2,26,27,31). The Morgan fingerprint density at radius 1 is 0.938 bits per heavy atom. The monoisotopic (exact) mass is 497 g/mol. The molecule has 1 aliphatic rings. The summed E-state index contributed by atoms with van der Waals surface area (Å²) in [6, 6.07) is 8.62. The molecule has 0 aliphatic heterocycles. The quantitative estimate of drug-likeness (QED) is 0.335. The third-order valence-electron chi connectivity index (χ3n) is 5.02. The summed E-state index contributed by atoms with van der Waals surface area (Å²) in [7, 11) is 0. The zero-order chi connectivity index (χ0) is 23.3. The Hall–Kier alpha value is -2.48. The predicted molar refractivity (Wildman–Crippen MR) is 126 cm³/mol. The van der Waals surface area contributed by atoms with E-state index in [1.165, 1.54) is 25.1 Å². The first-order valence-corrected chi connectivity index (χ1v) is 11.2. The molecule has 2 aromatic carbocycles. The van der Waals surface area contributed by atoms with Gasteiger partial charge in [-0.2, -0.15) is 0 Å². The number of hydrogen-bond donors (Lipinski definition) is 3. The molecule has 0 saturated heterocycles. The highest BCUT2D eigenvalue weighted by Gasteiger charge is 2.37. The van der Waals surface area contributed by atoms with E-state index in [1.54, 1.807) is 18.2 Å². The van der Waals surface area contributed by atoms with Crippen LogP contribution in [0.4, 0.5) is 16.2 Å². The number of halogens is 3. The SMILES string of the molecule is CC(=O)OC1(NC(=O)c2ccc(Cl)cc2NC(=O)Nc2c(Cl)cccc2Cl)CCCCC1. The van der Waals surface area contributed by atoms with Crippen molar-refractivity contribution >= 4 is 64.1 Å². The van der Waals surface area contributed by atoms with Gasteiger partial charge in [-0.1, -0.05) is 47.3 Å². The molecule has 0 atom stereocenters. The summed E-state index contributed by atoms with van der Waals surface area (Å²) in [5.41, 5.74) is -0.514. The number of ether oxygens (including phenoxy) is 1. The molecule has 0 radical (unpaired) electrons. The average Bonchev–Trinajstić information content (AvgIpc) is 2.71. The first-order valence-electron chi connectivity index (χ1n) is 10.0. The van der Waals surface area contributed by atoms with Gasteiger partial charge in [-0.15, -0.1) is 0 Å².